The van der Waals surface area contributed by atoms with Crippen molar-refractivity contribution in [3.63, 3.8) is 0 Å². The number of hydrogen-bond donors (Lipinski definition) is 0. The predicted molar refractivity (Wildman–Crippen MR) is 76.8 cm³/mol. The maximum atomic E-state index is 13.1. The lowest BCUT2D eigenvalue weighted by atomic mass is 10.0. The molecule has 0 N–H and O–H groups in total. The summed E-state index contributed by atoms with van der Waals surface area (Å²) in [5, 5.41) is 0. The second-order valence-corrected chi connectivity index (χ2v) is 4.95. The summed E-state index contributed by atoms with van der Waals surface area (Å²) in [5.74, 6) is -0.994. The van der Waals surface area contributed by atoms with E-state index in [9.17, 15) is 14.0 Å². The van der Waals surface area contributed by atoms with Crippen molar-refractivity contribution in [2.75, 3.05) is 13.7 Å². The lowest BCUT2D eigenvalue weighted by Crippen LogP contribution is -2.47. The molecule has 1 aromatic carbocycles. The van der Waals surface area contributed by atoms with Crippen molar-refractivity contribution < 1.29 is 18.7 Å². The van der Waals surface area contributed by atoms with E-state index in [-0.39, 0.29) is 17.7 Å². The fraction of sp³-hybridized carbons (Fsp3) is 0.375. The lowest BCUT2D eigenvalue weighted by molar-refractivity contribution is -0.153. The first-order valence-electron chi connectivity index (χ1n) is 6.94. The zero-order valence-electron chi connectivity index (χ0n) is 11.9. The Balaban J connectivity index is 2.08. The molecular formula is C16H18FNO3. The number of ether oxygens (including phenoxy) is 1. The summed E-state index contributed by atoms with van der Waals surface area (Å²) in [6.45, 7) is 0.534. The summed E-state index contributed by atoms with van der Waals surface area (Å²) >= 11 is 0. The van der Waals surface area contributed by atoms with Gasteiger partial charge in [-0.05, 0) is 43.0 Å². The minimum atomic E-state index is -0.520. The van der Waals surface area contributed by atoms with Crippen molar-refractivity contribution >= 4 is 18.0 Å². The zero-order chi connectivity index (χ0) is 15.2. The molecule has 1 amide bonds. The molecule has 1 aliphatic rings. The smallest absolute Gasteiger partial charge is 0.328 e. The predicted octanol–water partition coefficient (Wildman–Crippen LogP) is 2.39. The Labute approximate surface area is 123 Å². The molecule has 1 fully saturated rings. The molecule has 0 aliphatic carbocycles. The van der Waals surface area contributed by atoms with Crippen molar-refractivity contribution in [2.24, 2.45) is 0 Å². The van der Waals surface area contributed by atoms with Crippen molar-refractivity contribution in [2.45, 2.75) is 25.3 Å². The third-order valence-corrected chi connectivity index (χ3v) is 3.53. The normalized spacial score (nSPS) is 18.8. The number of hydrogen-bond acceptors (Lipinski definition) is 3. The van der Waals surface area contributed by atoms with Crippen molar-refractivity contribution in [1.29, 1.82) is 0 Å². The number of nitrogens with zero attached hydrogens (tertiary/aromatic N) is 1. The number of rotatable bonds is 3. The van der Waals surface area contributed by atoms with Crippen LogP contribution in [0.1, 0.15) is 24.8 Å². The SMILES string of the molecule is COC(=O)[C@H]1CCCCN1C(=O)/C=C/c1cccc(F)c1. The number of carbonyl (C=O) groups excluding carboxylic acids is 2. The summed E-state index contributed by atoms with van der Waals surface area (Å²) in [5.41, 5.74) is 0.606. The maximum absolute atomic E-state index is 13.1. The van der Waals surface area contributed by atoms with Crippen LogP contribution in [0, 0.1) is 5.82 Å². The van der Waals surface area contributed by atoms with E-state index in [0.29, 0.717) is 18.5 Å². The average molecular weight is 291 g/mol. The van der Waals surface area contributed by atoms with Crippen LogP contribution in [0.25, 0.3) is 6.08 Å². The molecule has 0 radical (unpaired) electrons. The Bertz CT molecular complexity index is 556. The second-order valence-electron chi connectivity index (χ2n) is 4.95. The summed E-state index contributed by atoms with van der Waals surface area (Å²) < 4.78 is 17.8. The number of carbonyl (C=O) groups is 2. The number of methoxy groups -OCH3 is 1. The fourth-order valence-corrected chi connectivity index (χ4v) is 2.45. The van der Waals surface area contributed by atoms with Gasteiger partial charge in [-0.25, -0.2) is 9.18 Å². The molecule has 4 nitrogen and oxygen atoms in total. The van der Waals surface area contributed by atoms with Crippen LogP contribution in [0.2, 0.25) is 0 Å². The second kappa shape index (κ2) is 7.02. The molecule has 1 saturated heterocycles. The Morgan fingerprint density at radius 1 is 1.38 bits per heavy atom. The quantitative estimate of drug-likeness (QED) is 0.634. The molecule has 0 bridgehead atoms. The molecular weight excluding hydrogens is 273 g/mol. The highest BCUT2D eigenvalue weighted by Crippen LogP contribution is 2.19. The van der Waals surface area contributed by atoms with E-state index in [0.717, 1.165) is 12.8 Å². The van der Waals surface area contributed by atoms with E-state index in [1.54, 1.807) is 18.2 Å². The van der Waals surface area contributed by atoms with Gasteiger partial charge in [-0.2, -0.15) is 0 Å². The van der Waals surface area contributed by atoms with E-state index in [4.69, 9.17) is 4.74 Å². The fourth-order valence-electron chi connectivity index (χ4n) is 2.45. The summed E-state index contributed by atoms with van der Waals surface area (Å²) in [6.07, 6.45) is 5.31. The zero-order valence-corrected chi connectivity index (χ0v) is 11.9. The molecule has 2 rings (SSSR count). The molecule has 0 aromatic heterocycles. The van der Waals surface area contributed by atoms with Gasteiger partial charge in [0.15, 0.2) is 0 Å². The summed E-state index contributed by atoms with van der Waals surface area (Å²) in [4.78, 5) is 25.5. The first-order valence-corrected chi connectivity index (χ1v) is 6.94. The van der Waals surface area contributed by atoms with Crippen molar-refractivity contribution in [3.05, 3.63) is 41.7 Å². The molecule has 1 aromatic rings. The van der Waals surface area contributed by atoms with Gasteiger partial charge in [0.25, 0.3) is 0 Å². The van der Waals surface area contributed by atoms with Crippen molar-refractivity contribution in [1.82, 2.24) is 4.90 Å². The van der Waals surface area contributed by atoms with Gasteiger partial charge in [-0.1, -0.05) is 12.1 Å². The molecule has 1 aliphatic heterocycles. The van der Waals surface area contributed by atoms with Gasteiger partial charge in [-0.3, -0.25) is 4.79 Å². The summed E-state index contributed by atoms with van der Waals surface area (Å²) in [6, 6.07) is 5.46. The monoisotopic (exact) mass is 291 g/mol. The molecule has 1 heterocycles. The average Bonchev–Trinajstić information content (AvgIpc) is 2.52. The van der Waals surface area contributed by atoms with E-state index in [2.05, 4.69) is 0 Å². The molecule has 5 heteroatoms. The van der Waals surface area contributed by atoms with E-state index >= 15 is 0 Å². The molecule has 21 heavy (non-hydrogen) atoms. The minimum Gasteiger partial charge on any atom is -0.467 e. The number of piperidine rings is 1. The Morgan fingerprint density at radius 2 is 2.19 bits per heavy atom. The third kappa shape index (κ3) is 3.90. The van der Waals surface area contributed by atoms with Crippen LogP contribution < -0.4 is 0 Å². The van der Waals surface area contributed by atoms with Gasteiger partial charge >= 0.3 is 5.97 Å². The number of likely N-dealkylation sites (tertiary alicyclic amines) is 1. The summed E-state index contributed by atoms with van der Waals surface area (Å²) in [7, 11) is 1.32. The Kier molecular flexibility index (Phi) is 5.09. The number of amides is 1. The van der Waals surface area contributed by atoms with E-state index < -0.39 is 6.04 Å². The molecule has 1 atom stereocenters. The highest BCUT2D eigenvalue weighted by atomic mass is 19.1. The number of halogens is 1. The minimum absolute atomic E-state index is 0.255. The van der Waals surface area contributed by atoms with Crippen LogP contribution in [-0.2, 0) is 14.3 Å². The van der Waals surface area contributed by atoms with E-state index in [1.165, 1.54) is 30.2 Å². The standard InChI is InChI=1S/C16H18FNO3/c1-21-16(20)14-7-2-3-10-18(14)15(19)9-8-12-5-4-6-13(17)11-12/h4-6,8-9,11,14H,2-3,7,10H2,1H3/b9-8+/t14-/m1/s1. The topological polar surface area (TPSA) is 46.6 Å². The van der Waals surface area contributed by atoms with Gasteiger partial charge in [0.2, 0.25) is 5.91 Å². The number of esters is 1. The highest BCUT2D eigenvalue weighted by molar-refractivity contribution is 5.94. The first kappa shape index (κ1) is 15.2. The first-order chi connectivity index (χ1) is 10.1. The van der Waals surface area contributed by atoms with E-state index in [1.807, 2.05) is 0 Å². The third-order valence-electron chi connectivity index (χ3n) is 3.53. The molecule has 0 spiro atoms. The van der Waals surface area contributed by atoms with Gasteiger partial charge in [-0.15, -0.1) is 0 Å². The highest BCUT2D eigenvalue weighted by Gasteiger charge is 2.31. The van der Waals surface area contributed by atoms with Crippen LogP contribution in [-0.4, -0.2) is 36.5 Å². The van der Waals surface area contributed by atoms with Gasteiger partial charge in [0.1, 0.15) is 11.9 Å². The lowest BCUT2D eigenvalue weighted by Gasteiger charge is -2.32. The van der Waals surface area contributed by atoms with Crippen LogP contribution in [0.5, 0.6) is 0 Å². The van der Waals surface area contributed by atoms with Crippen molar-refractivity contribution in [3.8, 4) is 0 Å². The largest absolute Gasteiger partial charge is 0.467 e. The van der Waals surface area contributed by atoms with Gasteiger partial charge in [0.05, 0.1) is 7.11 Å². The van der Waals surface area contributed by atoms with Crippen LogP contribution >= 0.6 is 0 Å². The van der Waals surface area contributed by atoms with Gasteiger partial charge in [0, 0.05) is 12.6 Å². The Hall–Kier alpha value is -2.17. The Morgan fingerprint density at radius 3 is 2.90 bits per heavy atom. The maximum Gasteiger partial charge on any atom is 0.328 e. The molecule has 0 saturated carbocycles. The van der Waals surface area contributed by atoms with Gasteiger partial charge < -0.3 is 9.64 Å². The van der Waals surface area contributed by atoms with Crippen LogP contribution in [0.4, 0.5) is 4.39 Å². The van der Waals surface area contributed by atoms with Crippen LogP contribution in [0.15, 0.2) is 30.3 Å². The molecule has 112 valence electrons. The number of benzene rings is 1. The van der Waals surface area contributed by atoms with Crippen LogP contribution in [0.3, 0.4) is 0 Å². The molecule has 0 unspecified atom stereocenters.